The van der Waals surface area contributed by atoms with Crippen molar-refractivity contribution in [1.82, 2.24) is 0 Å². The third-order valence-electron chi connectivity index (χ3n) is 1.25. The number of carboxylic acid groups (broad SMARTS) is 3. The Kier molecular flexibility index (Phi) is 19.8. The SMILES string of the molecule is O.O.O.O=C([O-])CC(O)(CC(=O)[O-])C(=O)[O-].[Li+]. The van der Waals surface area contributed by atoms with Gasteiger partial charge in [-0.25, -0.2) is 0 Å². The van der Waals surface area contributed by atoms with Crippen molar-refractivity contribution in [2.45, 2.75) is 18.4 Å². The summed E-state index contributed by atoms with van der Waals surface area (Å²) in [5.41, 5.74) is -2.97. The molecule has 0 aliphatic heterocycles. The fraction of sp³-hybridized carbons (Fsp3) is 0.500. The predicted molar refractivity (Wildman–Crippen MR) is 40.0 cm³/mol. The van der Waals surface area contributed by atoms with Gasteiger partial charge in [-0.1, -0.05) is 0 Å². The Balaban J connectivity index is -0.000000120. The zero-order chi connectivity index (χ0) is 10.6. The Morgan fingerprint density at radius 2 is 1.12 bits per heavy atom. The summed E-state index contributed by atoms with van der Waals surface area (Å²) < 4.78 is 0. The van der Waals surface area contributed by atoms with Crippen molar-refractivity contribution >= 4 is 17.9 Å². The molecule has 0 spiro atoms. The van der Waals surface area contributed by atoms with E-state index in [1.54, 1.807) is 0 Å². The number of rotatable bonds is 5. The molecule has 0 saturated heterocycles. The summed E-state index contributed by atoms with van der Waals surface area (Å²) >= 11 is 0. The quantitative estimate of drug-likeness (QED) is 0.461. The Hall–Kier alpha value is -1.15. The second-order valence-corrected chi connectivity index (χ2v) is 2.42. The van der Waals surface area contributed by atoms with Crippen LogP contribution < -0.4 is 34.2 Å². The van der Waals surface area contributed by atoms with E-state index in [2.05, 4.69) is 0 Å². The standard InChI is InChI=1S/C6H8O7.Li.3H2O/c7-3(8)1-6(13,5(11)12)2-4(9)10;;;;/h13H,1-2H2,(H,7,8)(H,9,10)(H,11,12);;3*1H2/q;+1;;;/p-3. The van der Waals surface area contributed by atoms with Crippen LogP contribution in [0.15, 0.2) is 0 Å². The van der Waals surface area contributed by atoms with E-state index in [0.29, 0.717) is 0 Å². The van der Waals surface area contributed by atoms with Gasteiger partial charge in [0.15, 0.2) is 0 Å². The molecule has 0 heterocycles. The van der Waals surface area contributed by atoms with Gasteiger partial charge in [-0.3, -0.25) is 0 Å². The number of aliphatic carboxylic acids is 3. The second kappa shape index (κ2) is 11.3. The molecule has 0 aromatic heterocycles. The third-order valence-corrected chi connectivity index (χ3v) is 1.25. The zero-order valence-corrected chi connectivity index (χ0v) is 8.81. The van der Waals surface area contributed by atoms with Gasteiger partial charge in [-0.15, -0.1) is 0 Å². The number of aliphatic hydroxyl groups is 1. The molecular weight excluding hydrogens is 239 g/mol. The maximum absolute atomic E-state index is 10.1. The minimum absolute atomic E-state index is 0. The van der Waals surface area contributed by atoms with Crippen molar-refractivity contribution in [3.8, 4) is 0 Å². The summed E-state index contributed by atoms with van der Waals surface area (Å²) in [5, 5.41) is 38.9. The maximum Gasteiger partial charge on any atom is 1.00 e. The van der Waals surface area contributed by atoms with E-state index in [-0.39, 0.29) is 35.3 Å². The number of hydrogen-bond donors (Lipinski definition) is 1. The van der Waals surface area contributed by atoms with Gasteiger partial charge < -0.3 is 51.2 Å². The average Bonchev–Trinajstić information content (AvgIpc) is 1.82. The normalized spacial score (nSPS) is 8.29. The van der Waals surface area contributed by atoms with E-state index in [9.17, 15) is 29.7 Å². The van der Waals surface area contributed by atoms with Crippen molar-refractivity contribution in [2.24, 2.45) is 0 Å². The zero-order valence-electron chi connectivity index (χ0n) is 8.81. The minimum atomic E-state index is -2.97. The van der Waals surface area contributed by atoms with Crippen molar-refractivity contribution in [1.29, 1.82) is 0 Å². The van der Waals surface area contributed by atoms with Crippen LogP contribution in [0.3, 0.4) is 0 Å². The van der Waals surface area contributed by atoms with E-state index < -0.39 is 36.4 Å². The summed E-state index contributed by atoms with van der Waals surface area (Å²) in [5.74, 6) is -5.98. The Morgan fingerprint density at radius 3 is 1.24 bits per heavy atom. The largest absolute Gasteiger partial charge is 1.00 e. The number of carbonyl (C=O) groups is 3. The first-order valence-electron chi connectivity index (χ1n) is 3.11. The molecule has 0 bridgehead atoms. The summed E-state index contributed by atoms with van der Waals surface area (Å²) in [7, 11) is 0. The third kappa shape index (κ3) is 11.1. The molecule has 0 unspecified atom stereocenters. The number of hydrogen-bond acceptors (Lipinski definition) is 7. The maximum atomic E-state index is 10.1. The number of carbonyl (C=O) groups excluding carboxylic acids is 3. The molecule has 0 fully saturated rings. The van der Waals surface area contributed by atoms with Gasteiger partial charge >= 0.3 is 18.9 Å². The molecule has 0 saturated carbocycles. The Morgan fingerprint density at radius 1 is 0.882 bits per heavy atom. The van der Waals surface area contributed by atoms with Crippen LogP contribution in [0, 0.1) is 0 Å². The van der Waals surface area contributed by atoms with Crippen LogP contribution in [0.25, 0.3) is 0 Å². The van der Waals surface area contributed by atoms with Crippen LogP contribution in [0.2, 0.25) is 0 Å². The first-order valence-corrected chi connectivity index (χ1v) is 3.11. The van der Waals surface area contributed by atoms with E-state index in [1.807, 2.05) is 0 Å². The van der Waals surface area contributed by atoms with Crippen LogP contribution in [0.1, 0.15) is 12.8 Å². The molecule has 0 aromatic rings. The average molecular weight is 250 g/mol. The van der Waals surface area contributed by atoms with Crippen LogP contribution in [-0.4, -0.2) is 45.0 Å². The summed E-state index contributed by atoms with van der Waals surface area (Å²) in [6, 6.07) is 0. The van der Waals surface area contributed by atoms with Crippen LogP contribution in [-0.2, 0) is 14.4 Å². The molecule has 0 radical (unpaired) electrons. The molecule has 98 valence electrons. The smallest absolute Gasteiger partial charge is 0.550 e. The van der Waals surface area contributed by atoms with Crippen molar-refractivity contribution in [2.75, 3.05) is 0 Å². The van der Waals surface area contributed by atoms with Crippen molar-refractivity contribution < 1.29 is 70.1 Å². The van der Waals surface area contributed by atoms with E-state index in [1.165, 1.54) is 0 Å². The molecule has 0 aliphatic carbocycles. The fourth-order valence-corrected chi connectivity index (χ4v) is 0.684. The molecule has 0 aliphatic rings. The minimum Gasteiger partial charge on any atom is -0.550 e. The van der Waals surface area contributed by atoms with Gasteiger partial charge in [0.2, 0.25) is 0 Å². The van der Waals surface area contributed by atoms with Gasteiger partial charge in [0.1, 0.15) is 5.60 Å². The molecule has 0 amide bonds. The van der Waals surface area contributed by atoms with Gasteiger partial charge in [0.25, 0.3) is 0 Å². The predicted octanol–water partition coefficient (Wildman–Crippen LogP) is -10.7. The van der Waals surface area contributed by atoms with Crippen molar-refractivity contribution in [3.63, 3.8) is 0 Å². The molecule has 0 rings (SSSR count). The van der Waals surface area contributed by atoms with E-state index >= 15 is 0 Å². The molecule has 0 atom stereocenters. The first kappa shape index (κ1) is 29.7. The summed E-state index contributed by atoms with van der Waals surface area (Å²) in [6.07, 6.45) is -2.72. The van der Waals surface area contributed by atoms with Gasteiger partial charge in [0, 0.05) is 24.8 Å². The van der Waals surface area contributed by atoms with Crippen molar-refractivity contribution in [3.05, 3.63) is 0 Å². The molecule has 10 nitrogen and oxygen atoms in total. The molecule has 17 heavy (non-hydrogen) atoms. The Labute approximate surface area is 107 Å². The summed E-state index contributed by atoms with van der Waals surface area (Å²) in [6.45, 7) is 0. The topological polar surface area (TPSA) is 235 Å². The van der Waals surface area contributed by atoms with Gasteiger partial charge in [0.05, 0.1) is 5.97 Å². The molecule has 0 aromatic carbocycles. The van der Waals surface area contributed by atoms with Gasteiger partial charge in [-0.05, 0) is 0 Å². The molecule has 7 N–H and O–H groups in total. The molecule has 11 heteroatoms. The summed E-state index contributed by atoms with van der Waals surface area (Å²) in [4.78, 5) is 30.0. The van der Waals surface area contributed by atoms with E-state index in [0.717, 1.165) is 0 Å². The fourth-order valence-electron chi connectivity index (χ4n) is 0.684. The monoisotopic (exact) mass is 250 g/mol. The van der Waals surface area contributed by atoms with Crippen LogP contribution in [0.5, 0.6) is 0 Å². The Bertz CT molecular complexity index is 235. The second-order valence-electron chi connectivity index (χ2n) is 2.42. The van der Waals surface area contributed by atoms with Crippen LogP contribution in [0.4, 0.5) is 0 Å². The number of carboxylic acids is 3. The first-order chi connectivity index (χ1) is 5.78. The van der Waals surface area contributed by atoms with Crippen LogP contribution >= 0.6 is 0 Å². The van der Waals surface area contributed by atoms with E-state index in [4.69, 9.17) is 5.11 Å². The molecular formula is C6H11LiO10-2. The van der Waals surface area contributed by atoms with Gasteiger partial charge in [-0.2, -0.15) is 0 Å².